The van der Waals surface area contributed by atoms with Crippen molar-refractivity contribution in [1.29, 1.82) is 0 Å². The zero-order chi connectivity index (χ0) is 22.4. The van der Waals surface area contributed by atoms with Gasteiger partial charge in [0.25, 0.3) is 11.8 Å². The zero-order valence-electron chi connectivity index (χ0n) is 17.3. The van der Waals surface area contributed by atoms with Gasteiger partial charge in [-0.1, -0.05) is 24.3 Å². The number of ether oxygens (including phenoxy) is 2. The van der Waals surface area contributed by atoms with Crippen molar-refractivity contribution < 1.29 is 27.5 Å². The van der Waals surface area contributed by atoms with Gasteiger partial charge in [-0.25, -0.2) is 8.42 Å². The second kappa shape index (κ2) is 9.80. The first-order valence-corrected chi connectivity index (χ1v) is 11.4. The molecule has 2 N–H and O–H groups in total. The molecule has 31 heavy (non-hydrogen) atoms. The maximum Gasteiger partial charge on any atom is 0.267 e. The molecule has 0 aliphatic carbocycles. The minimum atomic E-state index is -3.61. The number of sulfonamides is 1. The molecule has 0 unspecified atom stereocenters. The van der Waals surface area contributed by atoms with Gasteiger partial charge >= 0.3 is 0 Å². The number of rotatable bonds is 8. The number of carbonyl (C=O) groups is 2. The van der Waals surface area contributed by atoms with Gasteiger partial charge in [0.05, 0.1) is 35.8 Å². The molecular formula is C21H25N3O6S. The standard InChI is InChI=1S/C21H25N3O6S/c1-3-31(27,28)24-14-19(30-18-11-7-6-10-17(18)24)21(26)23-16-9-5-4-8-15(16)20(25)22-12-13-29-2/h4-11,19H,3,12-14H2,1-2H3,(H,22,25)(H,23,26)/t19-/m1/s1. The molecule has 9 nitrogen and oxygen atoms in total. The van der Waals surface area contributed by atoms with Crippen LogP contribution in [-0.4, -0.2) is 58.9 Å². The predicted octanol–water partition coefficient (Wildman–Crippen LogP) is 1.62. The van der Waals surface area contributed by atoms with E-state index in [9.17, 15) is 18.0 Å². The molecule has 0 fully saturated rings. The number of anilines is 2. The number of methoxy groups -OCH3 is 1. The maximum absolute atomic E-state index is 13.0. The molecular weight excluding hydrogens is 422 g/mol. The van der Waals surface area contributed by atoms with E-state index < -0.39 is 22.0 Å². The van der Waals surface area contributed by atoms with E-state index in [1.54, 1.807) is 55.5 Å². The summed E-state index contributed by atoms with van der Waals surface area (Å²) in [5.41, 5.74) is 0.974. The first-order chi connectivity index (χ1) is 14.9. The molecule has 1 aliphatic rings. The van der Waals surface area contributed by atoms with Crippen molar-refractivity contribution >= 4 is 33.2 Å². The van der Waals surface area contributed by atoms with Gasteiger partial charge in [0.2, 0.25) is 10.0 Å². The lowest BCUT2D eigenvalue weighted by Gasteiger charge is -2.34. The molecule has 0 saturated carbocycles. The molecule has 10 heteroatoms. The molecule has 2 amide bonds. The smallest absolute Gasteiger partial charge is 0.267 e. The summed E-state index contributed by atoms with van der Waals surface area (Å²) in [6.07, 6.45) is -1.08. The van der Waals surface area contributed by atoms with Crippen molar-refractivity contribution in [3.8, 4) is 5.75 Å². The summed E-state index contributed by atoms with van der Waals surface area (Å²) >= 11 is 0. The highest BCUT2D eigenvalue weighted by molar-refractivity contribution is 7.92. The first kappa shape index (κ1) is 22.6. The third-order valence-electron chi connectivity index (χ3n) is 4.75. The van der Waals surface area contributed by atoms with Gasteiger partial charge in [0.15, 0.2) is 6.10 Å². The third-order valence-corrected chi connectivity index (χ3v) is 6.50. The van der Waals surface area contributed by atoms with E-state index in [2.05, 4.69) is 10.6 Å². The van der Waals surface area contributed by atoms with Crippen LogP contribution in [-0.2, 0) is 19.6 Å². The van der Waals surface area contributed by atoms with Crippen molar-refractivity contribution in [3.05, 3.63) is 54.1 Å². The number of carbonyl (C=O) groups excluding carboxylic acids is 2. The van der Waals surface area contributed by atoms with Crippen molar-refractivity contribution in [1.82, 2.24) is 5.32 Å². The monoisotopic (exact) mass is 447 g/mol. The molecule has 2 aromatic rings. The summed E-state index contributed by atoms with van der Waals surface area (Å²) in [4.78, 5) is 25.4. The Kier molecular flexibility index (Phi) is 7.13. The Morgan fingerprint density at radius 1 is 1.16 bits per heavy atom. The van der Waals surface area contributed by atoms with Crippen molar-refractivity contribution in [2.24, 2.45) is 0 Å². The predicted molar refractivity (Wildman–Crippen MR) is 117 cm³/mol. The average molecular weight is 448 g/mol. The summed E-state index contributed by atoms with van der Waals surface area (Å²) in [5, 5.41) is 5.40. The van der Waals surface area contributed by atoms with Crippen molar-refractivity contribution in [3.63, 3.8) is 0 Å². The highest BCUT2D eigenvalue weighted by Crippen LogP contribution is 2.35. The van der Waals surface area contributed by atoms with E-state index in [0.717, 1.165) is 0 Å². The van der Waals surface area contributed by atoms with Crippen molar-refractivity contribution in [2.45, 2.75) is 13.0 Å². The number of benzene rings is 2. The SMILES string of the molecule is CCS(=O)(=O)N1C[C@H](C(=O)Nc2ccccc2C(=O)NCCOC)Oc2ccccc21. The first-order valence-electron chi connectivity index (χ1n) is 9.80. The summed E-state index contributed by atoms with van der Waals surface area (Å²) in [7, 11) is -2.08. The van der Waals surface area contributed by atoms with Crippen LogP contribution in [0.4, 0.5) is 11.4 Å². The Morgan fingerprint density at radius 3 is 2.61 bits per heavy atom. The van der Waals surface area contributed by atoms with E-state index in [1.807, 2.05) is 0 Å². The largest absolute Gasteiger partial charge is 0.476 e. The molecule has 0 bridgehead atoms. The van der Waals surface area contributed by atoms with E-state index in [-0.39, 0.29) is 23.8 Å². The lowest BCUT2D eigenvalue weighted by atomic mass is 10.1. The Morgan fingerprint density at radius 2 is 1.87 bits per heavy atom. The number of fused-ring (bicyclic) bond motifs is 1. The fourth-order valence-corrected chi connectivity index (χ4v) is 4.25. The van der Waals surface area contributed by atoms with Gasteiger partial charge < -0.3 is 20.1 Å². The summed E-state index contributed by atoms with van der Waals surface area (Å²) in [5.74, 6) is -0.724. The van der Waals surface area contributed by atoms with Gasteiger partial charge in [-0.2, -0.15) is 0 Å². The molecule has 166 valence electrons. The molecule has 1 heterocycles. The number of amides is 2. The van der Waals surface area contributed by atoms with Crippen LogP contribution in [0, 0.1) is 0 Å². The Labute approximate surface area is 181 Å². The second-order valence-electron chi connectivity index (χ2n) is 6.79. The summed E-state index contributed by atoms with van der Waals surface area (Å²) < 4.78 is 37.1. The van der Waals surface area contributed by atoms with Gasteiger partial charge in [-0.05, 0) is 31.2 Å². The van der Waals surface area contributed by atoms with Crippen LogP contribution in [0.15, 0.2) is 48.5 Å². The van der Waals surface area contributed by atoms with Gasteiger partial charge in [-0.15, -0.1) is 0 Å². The highest BCUT2D eigenvalue weighted by Gasteiger charge is 2.36. The number of para-hydroxylation sites is 3. The van der Waals surface area contributed by atoms with Gasteiger partial charge in [0.1, 0.15) is 5.75 Å². The topological polar surface area (TPSA) is 114 Å². The second-order valence-corrected chi connectivity index (χ2v) is 8.97. The normalized spacial score (nSPS) is 15.5. The zero-order valence-corrected chi connectivity index (χ0v) is 18.1. The van der Waals surface area contributed by atoms with E-state index in [0.29, 0.717) is 30.3 Å². The highest BCUT2D eigenvalue weighted by atomic mass is 32.2. The average Bonchev–Trinajstić information content (AvgIpc) is 2.78. The third kappa shape index (κ3) is 5.15. The molecule has 0 radical (unpaired) electrons. The minimum Gasteiger partial charge on any atom is -0.476 e. The molecule has 0 spiro atoms. The number of hydrogen-bond acceptors (Lipinski definition) is 6. The van der Waals surface area contributed by atoms with Gasteiger partial charge in [0, 0.05) is 13.7 Å². The summed E-state index contributed by atoms with van der Waals surface area (Å²) in [6.45, 7) is 2.06. The molecule has 1 aliphatic heterocycles. The number of hydrogen-bond donors (Lipinski definition) is 2. The Bertz CT molecular complexity index is 1060. The fourth-order valence-electron chi connectivity index (χ4n) is 3.12. The van der Waals surface area contributed by atoms with E-state index in [1.165, 1.54) is 11.4 Å². The maximum atomic E-state index is 13.0. The number of nitrogens with zero attached hydrogens (tertiary/aromatic N) is 1. The van der Waals surface area contributed by atoms with Gasteiger partial charge in [-0.3, -0.25) is 13.9 Å². The Hall–Kier alpha value is -3.11. The lowest BCUT2D eigenvalue weighted by molar-refractivity contribution is -0.122. The van der Waals surface area contributed by atoms with Crippen molar-refractivity contribution in [2.75, 3.05) is 42.2 Å². The van der Waals surface area contributed by atoms with Crippen LogP contribution in [0.1, 0.15) is 17.3 Å². The quantitative estimate of drug-likeness (QED) is 0.595. The minimum absolute atomic E-state index is 0.111. The summed E-state index contributed by atoms with van der Waals surface area (Å²) in [6, 6.07) is 13.2. The Balaban J connectivity index is 1.81. The fraction of sp³-hybridized carbons (Fsp3) is 0.333. The number of nitrogens with one attached hydrogen (secondary N) is 2. The molecule has 0 saturated heterocycles. The van der Waals surface area contributed by atoms with E-state index in [4.69, 9.17) is 9.47 Å². The van der Waals surface area contributed by atoms with Crippen LogP contribution < -0.4 is 19.7 Å². The van der Waals surface area contributed by atoms with E-state index >= 15 is 0 Å². The molecule has 2 aromatic carbocycles. The van der Waals surface area contributed by atoms with Crippen LogP contribution >= 0.6 is 0 Å². The lowest BCUT2D eigenvalue weighted by Crippen LogP contribution is -2.49. The van der Waals surface area contributed by atoms with Crippen LogP contribution in [0.2, 0.25) is 0 Å². The van der Waals surface area contributed by atoms with Crippen LogP contribution in [0.5, 0.6) is 5.75 Å². The van der Waals surface area contributed by atoms with Crippen LogP contribution in [0.3, 0.4) is 0 Å². The molecule has 0 aromatic heterocycles. The van der Waals surface area contributed by atoms with Crippen LogP contribution in [0.25, 0.3) is 0 Å². The molecule has 3 rings (SSSR count). The molecule has 1 atom stereocenters.